The third kappa shape index (κ3) is 2.30. The lowest BCUT2D eigenvalue weighted by Gasteiger charge is -2.37. The van der Waals surface area contributed by atoms with Crippen molar-refractivity contribution in [1.29, 1.82) is 0 Å². The van der Waals surface area contributed by atoms with Gasteiger partial charge in [0.25, 0.3) is 5.91 Å². The van der Waals surface area contributed by atoms with Crippen molar-refractivity contribution in [1.82, 2.24) is 15.3 Å². The van der Waals surface area contributed by atoms with Crippen LogP contribution in [0.3, 0.4) is 0 Å². The molecule has 1 amide bonds. The zero-order valence-corrected chi connectivity index (χ0v) is 8.56. The first-order valence-corrected chi connectivity index (χ1v) is 4.83. The molecule has 5 heteroatoms. The predicted octanol–water partition coefficient (Wildman–Crippen LogP) is 0.243. The Bertz CT molecular complexity index is 349. The van der Waals surface area contributed by atoms with Crippen LogP contribution >= 0.6 is 0 Å². The van der Waals surface area contributed by atoms with Gasteiger partial charge in [0.05, 0.1) is 13.2 Å². The van der Waals surface area contributed by atoms with Crippen molar-refractivity contribution in [3.8, 4) is 0 Å². The highest BCUT2D eigenvalue weighted by Crippen LogP contribution is 2.24. The average Bonchev–Trinajstić information content (AvgIpc) is 2.24. The maximum Gasteiger partial charge on any atom is 0.289 e. The van der Waals surface area contributed by atoms with Crippen molar-refractivity contribution < 1.29 is 9.53 Å². The van der Waals surface area contributed by atoms with Gasteiger partial charge in [0.2, 0.25) is 5.82 Å². The molecule has 2 rings (SSSR count). The van der Waals surface area contributed by atoms with Gasteiger partial charge in [0.1, 0.15) is 0 Å². The lowest BCUT2D eigenvalue weighted by molar-refractivity contribution is -0.0978. The van der Waals surface area contributed by atoms with Gasteiger partial charge >= 0.3 is 0 Å². The highest BCUT2D eigenvalue weighted by molar-refractivity contribution is 5.90. The molecule has 5 nitrogen and oxygen atoms in total. The minimum Gasteiger partial charge on any atom is -0.380 e. The van der Waals surface area contributed by atoms with Crippen molar-refractivity contribution >= 4 is 5.91 Å². The topological polar surface area (TPSA) is 64.1 Å². The molecule has 0 atom stereocenters. The Balaban J connectivity index is 1.88. The molecule has 1 aromatic rings. The van der Waals surface area contributed by atoms with Crippen molar-refractivity contribution in [2.75, 3.05) is 19.8 Å². The predicted molar refractivity (Wildman–Crippen MR) is 53.3 cm³/mol. The Morgan fingerprint density at radius 1 is 1.53 bits per heavy atom. The third-order valence-corrected chi connectivity index (χ3v) is 2.35. The minimum absolute atomic E-state index is 0.0738. The van der Waals surface area contributed by atoms with Crippen LogP contribution in [0.15, 0.2) is 18.5 Å². The first-order valence-electron chi connectivity index (χ1n) is 4.83. The van der Waals surface area contributed by atoms with E-state index in [1.165, 1.54) is 0 Å². The molecule has 0 saturated carbocycles. The Kier molecular flexibility index (Phi) is 2.64. The zero-order valence-electron chi connectivity index (χ0n) is 8.56. The Labute approximate surface area is 87.9 Å². The van der Waals surface area contributed by atoms with E-state index in [9.17, 15) is 4.79 Å². The van der Waals surface area contributed by atoms with Crippen molar-refractivity contribution in [2.45, 2.75) is 6.92 Å². The zero-order chi connectivity index (χ0) is 10.7. The number of carbonyl (C=O) groups excluding carboxylic acids is 1. The number of aromatic nitrogens is 2. The highest BCUT2D eigenvalue weighted by Gasteiger charge is 2.33. The molecule has 0 bridgehead atoms. The Morgan fingerprint density at radius 2 is 2.20 bits per heavy atom. The second-order valence-corrected chi connectivity index (χ2v) is 4.06. The molecular formula is C10H13N3O2. The van der Waals surface area contributed by atoms with Crippen molar-refractivity contribution in [3.63, 3.8) is 0 Å². The normalized spacial score (nSPS) is 17.9. The molecule has 1 aliphatic heterocycles. The molecule has 1 aliphatic rings. The molecule has 2 heterocycles. The molecule has 0 aliphatic carbocycles. The molecular weight excluding hydrogens is 194 g/mol. The first-order chi connectivity index (χ1) is 7.20. The van der Waals surface area contributed by atoms with Crippen LogP contribution in [0, 0.1) is 5.41 Å². The van der Waals surface area contributed by atoms with Crippen LogP contribution in [-0.2, 0) is 4.74 Å². The van der Waals surface area contributed by atoms with Crippen molar-refractivity contribution in [3.05, 3.63) is 24.3 Å². The molecule has 0 spiro atoms. The number of nitrogens with one attached hydrogen (secondary N) is 1. The summed E-state index contributed by atoms with van der Waals surface area (Å²) in [4.78, 5) is 19.3. The molecule has 1 aromatic heterocycles. The molecule has 0 radical (unpaired) electrons. The monoisotopic (exact) mass is 207 g/mol. The van der Waals surface area contributed by atoms with Crippen LogP contribution in [0.4, 0.5) is 0 Å². The van der Waals surface area contributed by atoms with Gasteiger partial charge in [0, 0.05) is 24.4 Å². The van der Waals surface area contributed by atoms with Crippen LogP contribution in [0.25, 0.3) is 0 Å². The SMILES string of the molecule is CC1(CNC(=O)c2ncccn2)COC1. The average molecular weight is 207 g/mol. The van der Waals surface area contributed by atoms with Gasteiger partial charge in [-0.1, -0.05) is 6.92 Å². The van der Waals surface area contributed by atoms with Gasteiger partial charge in [-0.2, -0.15) is 0 Å². The van der Waals surface area contributed by atoms with Gasteiger partial charge in [0.15, 0.2) is 0 Å². The van der Waals surface area contributed by atoms with E-state index < -0.39 is 0 Å². The Morgan fingerprint density at radius 3 is 2.73 bits per heavy atom. The molecule has 80 valence electrons. The summed E-state index contributed by atoms with van der Waals surface area (Å²) in [5, 5.41) is 2.80. The molecule has 1 fully saturated rings. The fraction of sp³-hybridized carbons (Fsp3) is 0.500. The fourth-order valence-electron chi connectivity index (χ4n) is 1.34. The summed E-state index contributed by atoms with van der Waals surface area (Å²) in [5.41, 5.74) is 0.0738. The third-order valence-electron chi connectivity index (χ3n) is 2.35. The summed E-state index contributed by atoms with van der Waals surface area (Å²) in [6, 6.07) is 1.68. The standard InChI is InChI=1S/C10H13N3O2/c1-10(6-15-7-10)5-13-9(14)8-11-3-2-4-12-8/h2-4H,5-7H2,1H3,(H,13,14). The Hall–Kier alpha value is -1.49. The van der Waals surface area contributed by atoms with Gasteiger partial charge in [-0.15, -0.1) is 0 Å². The number of amides is 1. The van der Waals surface area contributed by atoms with Crippen LogP contribution < -0.4 is 5.32 Å². The van der Waals surface area contributed by atoms with E-state index in [1.54, 1.807) is 18.5 Å². The summed E-state index contributed by atoms with van der Waals surface area (Å²) < 4.78 is 5.09. The quantitative estimate of drug-likeness (QED) is 0.771. The molecule has 15 heavy (non-hydrogen) atoms. The number of hydrogen-bond acceptors (Lipinski definition) is 4. The summed E-state index contributed by atoms with van der Waals surface area (Å²) in [6.07, 6.45) is 3.10. The number of ether oxygens (including phenoxy) is 1. The van der Waals surface area contributed by atoms with Crippen LogP contribution in [0.5, 0.6) is 0 Å². The van der Waals surface area contributed by atoms with Crippen molar-refractivity contribution in [2.24, 2.45) is 5.41 Å². The highest BCUT2D eigenvalue weighted by atomic mass is 16.5. The van der Waals surface area contributed by atoms with Crippen LogP contribution in [-0.4, -0.2) is 35.6 Å². The number of nitrogens with zero attached hydrogens (tertiary/aromatic N) is 2. The molecule has 0 aromatic carbocycles. The van der Waals surface area contributed by atoms with E-state index in [2.05, 4.69) is 22.2 Å². The van der Waals surface area contributed by atoms with E-state index in [1.807, 2.05) is 0 Å². The largest absolute Gasteiger partial charge is 0.380 e. The lowest BCUT2D eigenvalue weighted by Crippen LogP contribution is -2.48. The summed E-state index contributed by atoms with van der Waals surface area (Å²) in [7, 11) is 0. The molecule has 1 saturated heterocycles. The molecule has 0 unspecified atom stereocenters. The number of carbonyl (C=O) groups is 1. The van der Waals surface area contributed by atoms with E-state index in [-0.39, 0.29) is 17.1 Å². The fourth-order valence-corrected chi connectivity index (χ4v) is 1.34. The lowest BCUT2D eigenvalue weighted by atomic mass is 9.89. The summed E-state index contributed by atoms with van der Waals surface area (Å²) in [5.74, 6) is -0.0231. The molecule has 1 N–H and O–H groups in total. The summed E-state index contributed by atoms with van der Waals surface area (Å²) >= 11 is 0. The summed E-state index contributed by atoms with van der Waals surface area (Å²) in [6.45, 7) is 4.07. The van der Waals surface area contributed by atoms with Crippen LogP contribution in [0.2, 0.25) is 0 Å². The second-order valence-electron chi connectivity index (χ2n) is 4.06. The van der Waals surface area contributed by atoms with E-state index in [0.717, 1.165) is 0 Å². The van der Waals surface area contributed by atoms with E-state index in [4.69, 9.17) is 4.74 Å². The van der Waals surface area contributed by atoms with Gasteiger partial charge in [-0.25, -0.2) is 9.97 Å². The smallest absolute Gasteiger partial charge is 0.289 e. The van der Waals surface area contributed by atoms with Gasteiger partial charge in [-0.05, 0) is 6.07 Å². The van der Waals surface area contributed by atoms with Gasteiger partial charge < -0.3 is 10.1 Å². The number of hydrogen-bond donors (Lipinski definition) is 1. The first kappa shape index (κ1) is 10.0. The van der Waals surface area contributed by atoms with E-state index in [0.29, 0.717) is 19.8 Å². The maximum absolute atomic E-state index is 11.6. The van der Waals surface area contributed by atoms with Crippen LogP contribution in [0.1, 0.15) is 17.5 Å². The maximum atomic E-state index is 11.6. The minimum atomic E-state index is -0.233. The van der Waals surface area contributed by atoms with Gasteiger partial charge in [-0.3, -0.25) is 4.79 Å². The van der Waals surface area contributed by atoms with E-state index >= 15 is 0 Å². The number of rotatable bonds is 3. The second kappa shape index (κ2) is 3.94.